The van der Waals surface area contributed by atoms with Gasteiger partial charge in [0.05, 0.1) is 6.04 Å². The van der Waals surface area contributed by atoms with Crippen LogP contribution in [0.25, 0.3) is 0 Å². The summed E-state index contributed by atoms with van der Waals surface area (Å²) in [4.78, 5) is 22.3. The molecule has 0 aromatic rings. The zero-order valence-electron chi connectivity index (χ0n) is 8.19. The normalized spacial score (nSPS) is 23.9. The van der Waals surface area contributed by atoms with Crippen LogP contribution in [0.4, 0.5) is 0 Å². The van der Waals surface area contributed by atoms with Gasteiger partial charge in [0, 0.05) is 12.1 Å². The molecule has 0 aromatic heterocycles. The maximum Gasteiger partial charge on any atom is 0.244 e. The van der Waals surface area contributed by atoms with Crippen LogP contribution >= 0.6 is 0 Å². The first-order valence-electron chi connectivity index (χ1n) is 4.55. The topological polar surface area (TPSA) is 89.4 Å². The number of carbonyl (C=O) groups excluding carboxylic acids is 2. The lowest BCUT2D eigenvalue weighted by Crippen LogP contribution is -2.40. The number of hydrogen-bond donors (Lipinski definition) is 2. The van der Waals surface area contributed by atoms with Gasteiger partial charge in [0.1, 0.15) is 0 Å². The Labute approximate surface area is 82.7 Å². The number of rotatable bonds is 3. The van der Waals surface area contributed by atoms with Crippen LogP contribution in [-0.4, -0.2) is 29.3 Å². The Bertz CT molecular complexity index is 286. The second kappa shape index (κ2) is 4.34. The quantitative estimate of drug-likeness (QED) is 0.463. The van der Waals surface area contributed by atoms with E-state index in [9.17, 15) is 9.59 Å². The van der Waals surface area contributed by atoms with Crippen molar-refractivity contribution in [2.45, 2.75) is 25.8 Å². The van der Waals surface area contributed by atoms with Gasteiger partial charge < -0.3 is 5.73 Å². The van der Waals surface area contributed by atoms with Crippen LogP contribution in [0.1, 0.15) is 19.8 Å². The molecular formula is C9H15N3O2. The lowest BCUT2D eigenvalue weighted by Gasteiger charge is -2.15. The summed E-state index contributed by atoms with van der Waals surface area (Å²) in [5, 5.41) is 1.51. The van der Waals surface area contributed by atoms with Crippen molar-refractivity contribution in [3.05, 3.63) is 11.6 Å². The van der Waals surface area contributed by atoms with Gasteiger partial charge in [-0.3, -0.25) is 15.4 Å². The van der Waals surface area contributed by atoms with Gasteiger partial charge in [0.25, 0.3) is 0 Å². The molecule has 1 heterocycles. The summed E-state index contributed by atoms with van der Waals surface area (Å²) in [6, 6.07) is -0.288. The minimum absolute atomic E-state index is 0.138. The second-order valence-electron chi connectivity index (χ2n) is 3.49. The van der Waals surface area contributed by atoms with E-state index in [0.29, 0.717) is 0 Å². The van der Waals surface area contributed by atoms with Gasteiger partial charge in [-0.05, 0) is 25.8 Å². The van der Waals surface area contributed by atoms with Gasteiger partial charge >= 0.3 is 0 Å². The highest BCUT2D eigenvalue weighted by atomic mass is 16.1. The maximum absolute atomic E-state index is 11.6. The first kappa shape index (κ1) is 10.9. The molecule has 1 rings (SSSR count). The number of carbonyl (C=O) groups is 2. The summed E-state index contributed by atoms with van der Waals surface area (Å²) in [6.45, 7) is 2.25. The summed E-state index contributed by atoms with van der Waals surface area (Å²) >= 11 is 0. The third-order valence-electron chi connectivity index (χ3n) is 2.37. The third-order valence-corrected chi connectivity index (χ3v) is 2.37. The number of amides is 1. The van der Waals surface area contributed by atoms with Gasteiger partial charge in [0.15, 0.2) is 5.78 Å². The van der Waals surface area contributed by atoms with Gasteiger partial charge in [-0.15, -0.1) is 0 Å². The average Bonchev–Trinajstić information content (AvgIpc) is 2.51. The Morgan fingerprint density at radius 3 is 2.57 bits per heavy atom. The molecule has 5 nitrogen and oxygen atoms in total. The van der Waals surface area contributed by atoms with Crippen LogP contribution in [0.3, 0.4) is 0 Å². The number of hydrogen-bond acceptors (Lipinski definition) is 4. The van der Waals surface area contributed by atoms with Crippen LogP contribution in [0.15, 0.2) is 11.6 Å². The van der Waals surface area contributed by atoms with Crippen molar-refractivity contribution in [3.63, 3.8) is 0 Å². The van der Waals surface area contributed by atoms with E-state index >= 15 is 0 Å². The Kier molecular flexibility index (Phi) is 3.38. The molecule has 1 saturated heterocycles. The third kappa shape index (κ3) is 2.40. The van der Waals surface area contributed by atoms with Crippen LogP contribution in [0.5, 0.6) is 0 Å². The van der Waals surface area contributed by atoms with E-state index in [0.717, 1.165) is 19.4 Å². The molecular weight excluding hydrogens is 182 g/mol. The van der Waals surface area contributed by atoms with Crippen molar-refractivity contribution in [1.29, 1.82) is 0 Å². The monoisotopic (exact) mass is 197 g/mol. The zero-order chi connectivity index (χ0) is 10.7. The summed E-state index contributed by atoms with van der Waals surface area (Å²) in [7, 11) is 0. The number of primary amides is 1. The van der Waals surface area contributed by atoms with E-state index in [1.165, 1.54) is 18.0 Å². The van der Waals surface area contributed by atoms with Crippen LogP contribution < -0.4 is 11.6 Å². The summed E-state index contributed by atoms with van der Waals surface area (Å²) in [6.07, 6.45) is 2.94. The zero-order valence-corrected chi connectivity index (χ0v) is 8.19. The van der Waals surface area contributed by atoms with E-state index in [1.54, 1.807) is 0 Å². The van der Waals surface area contributed by atoms with Crippen molar-refractivity contribution < 1.29 is 9.59 Å². The lowest BCUT2D eigenvalue weighted by atomic mass is 10.1. The SMILES string of the molecule is CC(=CC(=O)[C@@H]1CCCN1N)C(N)=O. The fourth-order valence-corrected chi connectivity index (χ4v) is 1.48. The number of nitrogens with two attached hydrogens (primary N) is 2. The molecule has 1 aliphatic rings. The van der Waals surface area contributed by atoms with Crippen molar-refractivity contribution in [3.8, 4) is 0 Å². The molecule has 0 aliphatic carbocycles. The Morgan fingerprint density at radius 2 is 2.14 bits per heavy atom. The fraction of sp³-hybridized carbons (Fsp3) is 0.556. The first-order valence-corrected chi connectivity index (χ1v) is 4.55. The molecule has 0 aromatic carbocycles. The van der Waals surface area contributed by atoms with Gasteiger partial charge in [-0.1, -0.05) is 0 Å². The molecule has 78 valence electrons. The predicted octanol–water partition coefficient (Wildman–Crippen LogP) is -0.675. The van der Waals surface area contributed by atoms with E-state index in [-0.39, 0.29) is 17.4 Å². The first-order chi connectivity index (χ1) is 6.52. The van der Waals surface area contributed by atoms with Crippen LogP contribution in [0, 0.1) is 0 Å². The molecule has 1 atom stereocenters. The lowest BCUT2D eigenvalue weighted by molar-refractivity contribution is -0.119. The van der Waals surface area contributed by atoms with Crippen LogP contribution in [-0.2, 0) is 9.59 Å². The highest BCUT2D eigenvalue weighted by Crippen LogP contribution is 2.14. The molecule has 0 radical (unpaired) electrons. The Morgan fingerprint density at radius 1 is 1.50 bits per heavy atom. The average molecular weight is 197 g/mol. The smallest absolute Gasteiger partial charge is 0.244 e. The number of hydrazine groups is 1. The van der Waals surface area contributed by atoms with Crippen molar-refractivity contribution in [1.82, 2.24) is 5.01 Å². The predicted molar refractivity (Wildman–Crippen MR) is 51.9 cm³/mol. The molecule has 5 heteroatoms. The minimum atomic E-state index is -0.570. The van der Waals surface area contributed by atoms with Gasteiger partial charge in [-0.25, -0.2) is 5.01 Å². The van der Waals surface area contributed by atoms with Crippen molar-refractivity contribution >= 4 is 11.7 Å². The molecule has 1 amide bonds. The Balaban J connectivity index is 2.66. The second-order valence-corrected chi connectivity index (χ2v) is 3.49. The van der Waals surface area contributed by atoms with Crippen LogP contribution in [0.2, 0.25) is 0 Å². The largest absolute Gasteiger partial charge is 0.366 e. The molecule has 0 bridgehead atoms. The van der Waals surface area contributed by atoms with E-state index in [4.69, 9.17) is 11.6 Å². The highest BCUT2D eigenvalue weighted by molar-refractivity contribution is 6.02. The van der Waals surface area contributed by atoms with Gasteiger partial charge in [-0.2, -0.15) is 0 Å². The van der Waals surface area contributed by atoms with E-state index < -0.39 is 5.91 Å². The molecule has 0 saturated carbocycles. The van der Waals surface area contributed by atoms with E-state index in [1.807, 2.05) is 0 Å². The molecule has 0 spiro atoms. The summed E-state index contributed by atoms with van der Waals surface area (Å²) in [5.74, 6) is 4.89. The van der Waals surface area contributed by atoms with Crippen molar-refractivity contribution in [2.24, 2.45) is 11.6 Å². The molecule has 1 fully saturated rings. The molecule has 0 unspecified atom stereocenters. The molecule has 4 N–H and O–H groups in total. The number of nitrogens with zero attached hydrogens (tertiary/aromatic N) is 1. The Hall–Kier alpha value is -1.20. The van der Waals surface area contributed by atoms with E-state index in [2.05, 4.69) is 0 Å². The summed E-state index contributed by atoms with van der Waals surface area (Å²) < 4.78 is 0. The summed E-state index contributed by atoms with van der Waals surface area (Å²) in [5.41, 5.74) is 5.29. The minimum Gasteiger partial charge on any atom is -0.366 e. The van der Waals surface area contributed by atoms with Crippen molar-refractivity contribution in [2.75, 3.05) is 6.54 Å². The number of ketones is 1. The fourth-order valence-electron chi connectivity index (χ4n) is 1.48. The maximum atomic E-state index is 11.6. The molecule has 1 aliphatic heterocycles. The van der Waals surface area contributed by atoms with Gasteiger partial charge in [0.2, 0.25) is 5.91 Å². The standard InChI is InChI=1S/C9H15N3O2/c1-6(9(10)14)5-8(13)7-3-2-4-12(7)11/h5,7H,2-4,11H2,1H3,(H2,10,14)/t7-/m0/s1. The molecule has 14 heavy (non-hydrogen) atoms. The highest BCUT2D eigenvalue weighted by Gasteiger charge is 2.27.